The molecule has 2 aromatic heterocycles. The van der Waals surface area contributed by atoms with E-state index in [-0.39, 0.29) is 17.7 Å². The molecule has 0 N–H and O–H groups in total. The summed E-state index contributed by atoms with van der Waals surface area (Å²) < 4.78 is 25.7. The van der Waals surface area contributed by atoms with Crippen molar-refractivity contribution in [1.29, 1.82) is 0 Å². The van der Waals surface area contributed by atoms with Gasteiger partial charge in [-0.1, -0.05) is 107 Å². The van der Waals surface area contributed by atoms with Crippen molar-refractivity contribution in [3.63, 3.8) is 0 Å². The third kappa shape index (κ3) is 5.05. The molecule has 0 unspecified atom stereocenters. The van der Waals surface area contributed by atoms with E-state index in [9.17, 15) is 4.39 Å². The molecule has 0 aliphatic rings. The minimum absolute atomic E-state index is 0.251. The number of aryl methyl sites for hydroxylation is 2. The first kappa shape index (κ1) is 30.8. The van der Waals surface area contributed by atoms with Crippen LogP contribution >= 0.6 is 0 Å². The molecule has 8 rings (SSSR count). The Morgan fingerprint density at radius 2 is 1.22 bits per heavy atom. The van der Waals surface area contributed by atoms with Crippen LogP contribution < -0.4 is 4.57 Å². The minimum atomic E-state index is -0.303. The Labute approximate surface area is 286 Å². The van der Waals surface area contributed by atoms with E-state index >= 15 is 0 Å². The lowest BCUT2D eigenvalue weighted by Gasteiger charge is -2.21. The van der Waals surface area contributed by atoms with Gasteiger partial charge in [-0.2, -0.15) is 4.57 Å². The number of hydrogen-bond donors (Lipinski definition) is 0. The van der Waals surface area contributed by atoms with Crippen LogP contribution in [-0.4, -0.2) is 4.57 Å². The van der Waals surface area contributed by atoms with E-state index in [0.29, 0.717) is 5.58 Å². The maximum Gasteiger partial charge on any atom is 0.299 e. The Kier molecular flexibility index (Phi) is 7.48. The van der Waals surface area contributed by atoms with E-state index in [1.54, 1.807) is 0 Å². The number of imidazole rings is 1. The van der Waals surface area contributed by atoms with Crippen LogP contribution in [0.3, 0.4) is 0 Å². The zero-order valence-electron chi connectivity index (χ0n) is 28.9. The van der Waals surface area contributed by atoms with Gasteiger partial charge < -0.3 is 4.42 Å². The summed E-state index contributed by atoms with van der Waals surface area (Å²) in [6, 6.07) is 42.0. The second kappa shape index (κ2) is 11.9. The number of hydrogen-bond acceptors (Lipinski definition) is 1. The number of para-hydroxylation sites is 2. The summed E-state index contributed by atoms with van der Waals surface area (Å²) >= 11 is 0. The van der Waals surface area contributed by atoms with Crippen molar-refractivity contribution in [1.82, 2.24) is 4.57 Å². The maximum absolute atomic E-state index is 14.4. The van der Waals surface area contributed by atoms with Gasteiger partial charge in [0.15, 0.2) is 16.6 Å². The molecule has 0 spiro atoms. The van der Waals surface area contributed by atoms with Gasteiger partial charge >= 0.3 is 0 Å². The van der Waals surface area contributed by atoms with Crippen molar-refractivity contribution in [2.24, 2.45) is 7.05 Å². The van der Waals surface area contributed by atoms with Crippen LogP contribution in [-0.2, 0) is 7.05 Å². The highest BCUT2D eigenvalue weighted by molar-refractivity contribution is 6.10. The number of benzene rings is 6. The number of aromatic nitrogens is 2. The fourth-order valence-electron chi connectivity index (χ4n) is 7.48. The highest BCUT2D eigenvalue weighted by atomic mass is 19.1. The first-order chi connectivity index (χ1) is 23.7. The predicted octanol–water partition coefficient (Wildman–Crippen LogP) is 12.0. The van der Waals surface area contributed by atoms with Crippen LogP contribution in [0.1, 0.15) is 56.2 Å². The lowest BCUT2D eigenvalue weighted by atomic mass is 9.87. The first-order valence-electron chi connectivity index (χ1n) is 17.2. The van der Waals surface area contributed by atoms with E-state index in [0.717, 1.165) is 44.3 Å². The van der Waals surface area contributed by atoms with Gasteiger partial charge in [-0.15, -0.1) is 0 Å². The molecule has 0 amide bonds. The van der Waals surface area contributed by atoms with E-state index in [2.05, 4.69) is 154 Å². The van der Waals surface area contributed by atoms with Crippen molar-refractivity contribution in [2.75, 3.05) is 0 Å². The average Bonchev–Trinajstić information content (AvgIpc) is 3.62. The van der Waals surface area contributed by atoms with E-state index in [1.807, 2.05) is 6.07 Å². The van der Waals surface area contributed by atoms with Crippen LogP contribution in [0, 0.1) is 12.7 Å². The second-order valence-corrected chi connectivity index (χ2v) is 13.8. The Balaban J connectivity index is 1.42. The molecule has 0 fully saturated rings. The predicted molar refractivity (Wildman–Crippen MR) is 201 cm³/mol. The smallest absolute Gasteiger partial charge is 0.299 e. The Morgan fingerprint density at radius 1 is 0.633 bits per heavy atom. The number of rotatable bonds is 6. The van der Waals surface area contributed by atoms with Gasteiger partial charge in [-0.3, -0.25) is 0 Å². The fraction of sp³-hybridized carbons (Fsp3) is 0.178. The highest BCUT2D eigenvalue weighted by Crippen LogP contribution is 2.43. The normalized spacial score (nSPS) is 11.9. The molecule has 6 aromatic carbocycles. The van der Waals surface area contributed by atoms with Gasteiger partial charge in [-0.25, -0.2) is 8.96 Å². The molecule has 0 aliphatic heterocycles. The Morgan fingerprint density at radius 3 is 1.90 bits per heavy atom. The molecule has 0 saturated heterocycles. The van der Waals surface area contributed by atoms with Gasteiger partial charge in [0.05, 0.1) is 7.05 Å². The lowest BCUT2D eigenvalue weighted by Crippen LogP contribution is -2.30. The Hall–Kier alpha value is -5.48. The second-order valence-electron chi connectivity index (χ2n) is 13.8. The average molecular weight is 644 g/mol. The monoisotopic (exact) mass is 643 g/mol. The molecule has 0 aliphatic carbocycles. The fourth-order valence-corrected chi connectivity index (χ4v) is 7.48. The molecular formula is C45H40FN2O+. The van der Waals surface area contributed by atoms with Crippen LogP contribution in [0.15, 0.2) is 126 Å². The number of furan rings is 1. The standard InChI is InChI=1S/C45H40FN2O/c1-27(2)37-24-33(32-19-17-31(18-20-32)30-12-8-7-9-13-30)25-38(28(3)4)43(37)48-40-15-11-10-14-39(40)47(6)45(48)42-29(5)16-22-36-35-23-21-34(46)26-41(35)49-44(36)42/h7-28H,1-6H3/q+1. The van der Waals surface area contributed by atoms with Crippen molar-refractivity contribution in [3.05, 3.63) is 144 Å². The summed E-state index contributed by atoms with van der Waals surface area (Å²) in [5.74, 6) is 1.23. The van der Waals surface area contributed by atoms with E-state index in [1.165, 1.54) is 51.2 Å². The van der Waals surface area contributed by atoms with Crippen molar-refractivity contribution >= 4 is 33.0 Å². The lowest BCUT2D eigenvalue weighted by molar-refractivity contribution is -0.633. The van der Waals surface area contributed by atoms with Gasteiger partial charge in [0, 0.05) is 28.0 Å². The van der Waals surface area contributed by atoms with Crippen molar-refractivity contribution in [2.45, 2.75) is 46.5 Å². The highest BCUT2D eigenvalue weighted by Gasteiger charge is 2.34. The number of fused-ring (bicyclic) bond motifs is 4. The summed E-state index contributed by atoms with van der Waals surface area (Å²) in [5, 5.41) is 1.89. The molecule has 242 valence electrons. The van der Waals surface area contributed by atoms with Crippen molar-refractivity contribution < 1.29 is 13.4 Å². The van der Waals surface area contributed by atoms with Crippen LogP contribution in [0.2, 0.25) is 0 Å². The summed E-state index contributed by atoms with van der Waals surface area (Å²) in [6.07, 6.45) is 0. The zero-order chi connectivity index (χ0) is 34.0. The van der Waals surface area contributed by atoms with E-state index in [4.69, 9.17) is 4.42 Å². The van der Waals surface area contributed by atoms with Gasteiger partial charge in [0.2, 0.25) is 0 Å². The number of halogens is 1. The molecule has 0 saturated carbocycles. The van der Waals surface area contributed by atoms with Crippen LogP contribution in [0.4, 0.5) is 4.39 Å². The molecule has 8 aromatic rings. The third-order valence-corrected chi connectivity index (χ3v) is 10.0. The van der Waals surface area contributed by atoms with Gasteiger partial charge in [0.25, 0.3) is 5.82 Å². The number of nitrogens with zero attached hydrogens (tertiary/aromatic N) is 2. The summed E-state index contributed by atoms with van der Waals surface area (Å²) in [6.45, 7) is 11.3. The Bertz CT molecular complexity index is 2490. The molecule has 0 atom stereocenters. The van der Waals surface area contributed by atoms with Gasteiger partial charge in [-0.05, 0) is 83.0 Å². The van der Waals surface area contributed by atoms with Crippen LogP contribution in [0.25, 0.3) is 72.3 Å². The summed E-state index contributed by atoms with van der Waals surface area (Å²) in [7, 11) is 2.14. The zero-order valence-corrected chi connectivity index (χ0v) is 28.9. The molecule has 4 heteroatoms. The minimum Gasteiger partial charge on any atom is -0.455 e. The molecule has 0 bridgehead atoms. The molecule has 49 heavy (non-hydrogen) atoms. The molecule has 3 nitrogen and oxygen atoms in total. The van der Waals surface area contributed by atoms with Crippen molar-refractivity contribution in [3.8, 4) is 39.3 Å². The quantitative estimate of drug-likeness (QED) is 0.165. The summed E-state index contributed by atoms with van der Waals surface area (Å²) in [4.78, 5) is 0. The SMILES string of the molecule is Cc1ccc2c(oc3cc(F)ccc32)c1-c1n(-c2c(C(C)C)cc(-c3ccc(-c4ccccc4)cc3)cc2C(C)C)c2ccccc2[n+]1C. The molecule has 2 heterocycles. The van der Waals surface area contributed by atoms with Crippen LogP contribution in [0.5, 0.6) is 0 Å². The largest absolute Gasteiger partial charge is 0.455 e. The maximum atomic E-state index is 14.4. The van der Waals surface area contributed by atoms with Gasteiger partial charge in [0.1, 0.15) is 22.7 Å². The first-order valence-corrected chi connectivity index (χ1v) is 17.2. The third-order valence-electron chi connectivity index (χ3n) is 10.0. The molecular weight excluding hydrogens is 604 g/mol. The van der Waals surface area contributed by atoms with E-state index < -0.39 is 0 Å². The topological polar surface area (TPSA) is 21.9 Å². The molecule has 0 radical (unpaired) electrons. The summed E-state index contributed by atoms with van der Waals surface area (Å²) in [5.41, 5.74) is 14.3.